The van der Waals surface area contributed by atoms with Gasteiger partial charge in [0.25, 0.3) is 11.5 Å². The molecule has 148 valence electrons. The summed E-state index contributed by atoms with van der Waals surface area (Å²) in [7, 11) is 0. The molecule has 5 nitrogen and oxygen atoms in total. The van der Waals surface area contributed by atoms with Crippen LogP contribution in [0.2, 0.25) is 0 Å². The number of nitrogens with zero attached hydrogens (tertiary/aromatic N) is 3. The molecule has 0 radical (unpaired) electrons. The van der Waals surface area contributed by atoms with Crippen LogP contribution in [0.25, 0.3) is 16.3 Å². The summed E-state index contributed by atoms with van der Waals surface area (Å²) in [6.07, 6.45) is 2.92. The largest absolute Gasteiger partial charge is 0.333 e. The molecule has 0 bridgehead atoms. The number of aromatic nitrogens is 2. The van der Waals surface area contributed by atoms with Gasteiger partial charge in [0.05, 0.1) is 5.39 Å². The van der Waals surface area contributed by atoms with E-state index in [1.54, 1.807) is 6.07 Å². The van der Waals surface area contributed by atoms with Gasteiger partial charge in [0.1, 0.15) is 0 Å². The summed E-state index contributed by atoms with van der Waals surface area (Å²) in [5, 5.41) is 5.66. The summed E-state index contributed by atoms with van der Waals surface area (Å²) in [6.45, 7) is 5.74. The summed E-state index contributed by atoms with van der Waals surface area (Å²) in [6, 6.07) is 17.5. The first-order valence-corrected chi connectivity index (χ1v) is 10.1. The number of carbonyl (C=O) groups is 1. The zero-order chi connectivity index (χ0) is 20.4. The summed E-state index contributed by atoms with van der Waals surface area (Å²) in [4.78, 5) is 27.9. The molecule has 0 saturated heterocycles. The van der Waals surface area contributed by atoms with Gasteiger partial charge in [0, 0.05) is 25.0 Å². The first kappa shape index (κ1) is 19.1. The molecular formula is C24H25N3O2. The van der Waals surface area contributed by atoms with Crippen LogP contribution < -0.4 is 5.56 Å². The van der Waals surface area contributed by atoms with Gasteiger partial charge in [-0.3, -0.25) is 9.59 Å². The zero-order valence-electron chi connectivity index (χ0n) is 16.8. The van der Waals surface area contributed by atoms with E-state index in [0.717, 1.165) is 6.42 Å². The Morgan fingerprint density at radius 3 is 2.38 bits per heavy atom. The van der Waals surface area contributed by atoms with Crippen LogP contribution in [0.3, 0.4) is 0 Å². The maximum absolute atomic E-state index is 13.3. The lowest BCUT2D eigenvalue weighted by Crippen LogP contribution is -2.37. The lowest BCUT2D eigenvalue weighted by molar-refractivity contribution is 0.0766. The summed E-state index contributed by atoms with van der Waals surface area (Å²) in [5.74, 6) is 0.137. The molecule has 29 heavy (non-hydrogen) atoms. The molecule has 3 aromatic rings. The van der Waals surface area contributed by atoms with Crippen LogP contribution in [0.15, 0.2) is 65.5 Å². The number of hydrogen-bond acceptors (Lipinski definition) is 3. The average molecular weight is 387 g/mol. The van der Waals surface area contributed by atoms with E-state index in [4.69, 9.17) is 0 Å². The minimum absolute atomic E-state index is 0.123. The molecule has 4 rings (SSSR count). The predicted octanol–water partition coefficient (Wildman–Crippen LogP) is 3.98. The minimum atomic E-state index is -0.143. The number of rotatable bonds is 4. The maximum atomic E-state index is 13.3. The molecule has 0 fully saturated rings. The lowest BCUT2D eigenvalue weighted by atomic mass is 9.99. The summed E-state index contributed by atoms with van der Waals surface area (Å²) < 4.78 is 1.44. The number of benzene rings is 2. The SMILES string of the molecule is CC(C)Cn1nc(C(=O)N2CC=C(c3ccccc3)CC2)c2ccccc2c1=O. The van der Waals surface area contributed by atoms with Crippen molar-refractivity contribution in [3.8, 4) is 0 Å². The molecule has 5 heteroatoms. The van der Waals surface area contributed by atoms with E-state index in [0.29, 0.717) is 36.1 Å². The van der Waals surface area contributed by atoms with E-state index in [-0.39, 0.29) is 17.4 Å². The first-order chi connectivity index (χ1) is 14.0. The number of amides is 1. The molecular weight excluding hydrogens is 362 g/mol. The van der Waals surface area contributed by atoms with Crippen molar-refractivity contribution in [2.45, 2.75) is 26.8 Å². The Morgan fingerprint density at radius 1 is 1.03 bits per heavy atom. The van der Waals surface area contributed by atoms with Crippen molar-refractivity contribution in [3.05, 3.63) is 82.3 Å². The van der Waals surface area contributed by atoms with E-state index in [1.165, 1.54) is 15.8 Å². The van der Waals surface area contributed by atoms with Crippen molar-refractivity contribution in [1.29, 1.82) is 0 Å². The molecule has 0 unspecified atom stereocenters. The topological polar surface area (TPSA) is 55.2 Å². The molecule has 1 amide bonds. The lowest BCUT2D eigenvalue weighted by Gasteiger charge is -2.27. The number of fused-ring (bicyclic) bond motifs is 1. The van der Waals surface area contributed by atoms with Gasteiger partial charge in [-0.1, -0.05) is 68.5 Å². The van der Waals surface area contributed by atoms with E-state index in [1.807, 2.05) is 55.1 Å². The third kappa shape index (κ3) is 3.86. The fourth-order valence-corrected chi connectivity index (χ4v) is 3.78. The third-order valence-electron chi connectivity index (χ3n) is 5.25. The number of hydrogen-bond donors (Lipinski definition) is 0. The van der Waals surface area contributed by atoms with E-state index in [9.17, 15) is 9.59 Å². The Morgan fingerprint density at radius 2 is 1.72 bits per heavy atom. The van der Waals surface area contributed by atoms with Crippen LogP contribution in [0.4, 0.5) is 0 Å². The van der Waals surface area contributed by atoms with Gasteiger partial charge in [-0.05, 0) is 29.5 Å². The standard InChI is InChI=1S/C24H25N3O2/c1-17(2)16-27-23(28)21-11-7-6-10-20(21)22(25-27)24(29)26-14-12-19(13-15-26)18-8-4-3-5-9-18/h3-12,17H,13-16H2,1-2H3. The van der Waals surface area contributed by atoms with Gasteiger partial charge in [0.2, 0.25) is 0 Å². The highest BCUT2D eigenvalue weighted by Crippen LogP contribution is 2.24. The van der Waals surface area contributed by atoms with Crippen LogP contribution >= 0.6 is 0 Å². The fraction of sp³-hybridized carbons (Fsp3) is 0.292. The van der Waals surface area contributed by atoms with Gasteiger partial charge >= 0.3 is 0 Å². The van der Waals surface area contributed by atoms with Crippen molar-refractivity contribution < 1.29 is 4.79 Å². The molecule has 0 aliphatic carbocycles. The molecule has 2 aromatic carbocycles. The Kier molecular flexibility index (Phi) is 5.30. The fourth-order valence-electron chi connectivity index (χ4n) is 3.78. The molecule has 0 spiro atoms. The van der Waals surface area contributed by atoms with Crippen LogP contribution in [-0.4, -0.2) is 33.7 Å². The van der Waals surface area contributed by atoms with Crippen molar-refractivity contribution in [1.82, 2.24) is 14.7 Å². The van der Waals surface area contributed by atoms with E-state index >= 15 is 0 Å². The smallest absolute Gasteiger partial charge is 0.275 e. The van der Waals surface area contributed by atoms with Gasteiger partial charge in [0.15, 0.2) is 5.69 Å². The van der Waals surface area contributed by atoms with Crippen LogP contribution in [0.5, 0.6) is 0 Å². The summed E-state index contributed by atoms with van der Waals surface area (Å²) >= 11 is 0. The van der Waals surface area contributed by atoms with Gasteiger partial charge in [-0.25, -0.2) is 4.68 Å². The Labute approximate surface area is 170 Å². The second kappa shape index (κ2) is 8.03. The quantitative estimate of drug-likeness (QED) is 0.680. The Hall–Kier alpha value is -3.21. The molecule has 0 atom stereocenters. The van der Waals surface area contributed by atoms with Crippen molar-refractivity contribution in [3.63, 3.8) is 0 Å². The highest BCUT2D eigenvalue weighted by molar-refractivity contribution is 6.05. The molecule has 0 saturated carbocycles. The summed E-state index contributed by atoms with van der Waals surface area (Å²) in [5.41, 5.74) is 2.68. The van der Waals surface area contributed by atoms with Crippen molar-refractivity contribution in [2.24, 2.45) is 5.92 Å². The molecule has 1 aliphatic rings. The van der Waals surface area contributed by atoms with E-state index in [2.05, 4.69) is 23.3 Å². The minimum Gasteiger partial charge on any atom is -0.333 e. The molecule has 1 aliphatic heterocycles. The highest BCUT2D eigenvalue weighted by Gasteiger charge is 2.24. The zero-order valence-corrected chi connectivity index (χ0v) is 16.8. The Bertz CT molecular complexity index is 1130. The molecule has 1 aromatic heterocycles. The van der Waals surface area contributed by atoms with Gasteiger partial charge < -0.3 is 4.90 Å². The monoisotopic (exact) mass is 387 g/mol. The van der Waals surface area contributed by atoms with Crippen LogP contribution in [-0.2, 0) is 6.54 Å². The normalized spacial score (nSPS) is 14.3. The van der Waals surface area contributed by atoms with Crippen molar-refractivity contribution in [2.75, 3.05) is 13.1 Å². The van der Waals surface area contributed by atoms with Gasteiger partial charge in [-0.15, -0.1) is 0 Å². The van der Waals surface area contributed by atoms with Crippen molar-refractivity contribution >= 4 is 22.3 Å². The third-order valence-corrected chi connectivity index (χ3v) is 5.25. The van der Waals surface area contributed by atoms with Gasteiger partial charge in [-0.2, -0.15) is 5.10 Å². The first-order valence-electron chi connectivity index (χ1n) is 10.1. The highest BCUT2D eigenvalue weighted by atomic mass is 16.2. The van der Waals surface area contributed by atoms with Crippen LogP contribution in [0, 0.1) is 5.92 Å². The van der Waals surface area contributed by atoms with E-state index < -0.39 is 0 Å². The second-order valence-corrected chi connectivity index (χ2v) is 7.87. The maximum Gasteiger partial charge on any atom is 0.275 e. The number of carbonyl (C=O) groups excluding carboxylic acids is 1. The van der Waals surface area contributed by atoms with Crippen LogP contribution in [0.1, 0.15) is 36.3 Å². The Balaban J connectivity index is 1.68. The average Bonchev–Trinajstić information content (AvgIpc) is 2.76. The second-order valence-electron chi connectivity index (χ2n) is 7.87. The predicted molar refractivity (Wildman–Crippen MR) is 116 cm³/mol. The molecule has 2 heterocycles. The molecule has 0 N–H and O–H groups in total.